The van der Waals surface area contributed by atoms with E-state index >= 15 is 0 Å². The van der Waals surface area contributed by atoms with Crippen LogP contribution in [0.25, 0.3) is 0 Å². The van der Waals surface area contributed by atoms with Gasteiger partial charge in [0.1, 0.15) is 0 Å². The summed E-state index contributed by atoms with van der Waals surface area (Å²) < 4.78 is 0. The van der Waals surface area contributed by atoms with E-state index in [1.54, 1.807) is 14.1 Å². The second-order valence-electron chi connectivity index (χ2n) is 4.02. The average Bonchev–Trinajstić information content (AvgIpc) is 2.70. The van der Waals surface area contributed by atoms with Crippen molar-refractivity contribution in [3.8, 4) is 0 Å². The van der Waals surface area contributed by atoms with E-state index in [4.69, 9.17) is 0 Å². The second kappa shape index (κ2) is 5.70. The SMILES string of the molecule is CN(C)C(=O)CCNC(=O)[C@@H]1CCNC1. The Hall–Kier alpha value is -1.10. The van der Waals surface area contributed by atoms with Crippen molar-refractivity contribution in [1.29, 1.82) is 0 Å². The van der Waals surface area contributed by atoms with Crippen LogP contribution in [0.15, 0.2) is 0 Å². The molecule has 1 rings (SSSR count). The van der Waals surface area contributed by atoms with Crippen LogP contribution in [0, 0.1) is 5.92 Å². The monoisotopic (exact) mass is 213 g/mol. The molecule has 0 saturated carbocycles. The van der Waals surface area contributed by atoms with Crippen molar-refractivity contribution in [2.24, 2.45) is 5.92 Å². The zero-order chi connectivity index (χ0) is 11.3. The van der Waals surface area contributed by atoms with Crippen LogP contribution in [0.3, 0.4) is 0 Å². The zero-order valence-electron chi connectivity index (χ0n) is 9.38. The number of carbonyl (C=O) groups excluding carboxylic acids is 2. The van der Waals surface area contributed by atoms with Crippen molar-refractivity contribution in [2.45, 2.75) is 12.8 Å². The summed E-state index contributed by atoms with van der Waals surface area (Å²) in [6.45, 7) is 2.11. The molecule has 0 unspecified atom stereocenters. The molecule has 86 valence electrons. The maximum absolute atomic E-state index is 11.5. The number of amides is 2. The Morgan fingerprint density at radius 3 is 2.73 bits per heavy atom. The van der Waals surface area contributed by atoms with Gasteiger partial charge in [-0.25, -0.2) is 0 Å². The first-order valence-corrected chi connectivity index (χ1v) is 5.30. The minimum Gasteiger partial charge on any atom is -0.355 e. The topological polar surface area (TPSA) is 61.4 Å². The van der Waals surface area contributed by atoms with Gasteiger partial charge in [-0.05, 0) is 13.0 Å². The summed E-state index contributed by atoms with van der Waals surface area (Å²) in [4.78, 5) is 24.3. The van der Waals surface area contributed by atoms with Crippen molar-refractivity contribution in [2.75, 3.05) is 33.7 Å². The van der Waals surface area contributed by atoms with Crippen molar-refractivity contribution >= 4 is 11.8 Å². The molecule has 1 aliphatic rings. The molecule has 1 heterocycles. The normalized spacial score (nSPS) is 20.0. The lowest BCUT2D eigenvalue weighted by Gasteiger charge is -2.12. The summed E-state index contributed by atoms with van der Waals surface area (Å²) in [5, 5.41) is 5.92. The minimum absolute atomic E-state index is 0.0415. The molecular formula is C10H19N3O2. The number of hydrogen-bond acceptors (Lipinski definition) is 3. The first-order valence-electron chi connectivity index (χ1n) is 5.30. The Balaban J connectivity index is 2.14. The third kappa shape index (κ3) is 3.87. The molecule has 5 heteroatoms. The molecule has 5 nitrogen and oxygen atoms in total. The number of hydrogen-bond donors (Lipinski definition) is 2. The molecule has 1 atom stereocenters. The highest BCUT2D eigenvalue weighted by Crippen LogP contribution is 2.06. The fraction of sp³-hybridized carbons (Fsp3) is 0.800. The van der Waals surface area contributed by atoms with E-state index in [-0.39, 0.29) is 17.7 Å². The predicted octanol–water partition coefficient (Wildman–Crippen LogP) is -0.810. The van der Waals surface area contributed by atoms with Crippen LogP contribution in [-0.2, 0) is 9.59 Å². The number of nitrogens with zero attached hydrogens (tertiary/aromatic N) is 1. The molecule has 2 amide bonds. The lowest BCUT2D eigenvalue weighted by atomic mass is 10.1. The number of carbonyl (C=O) groups is 2. The van der Waals surface area contributed by atoms with Crippen LogP contribution in [0.4, 0.5) is 0 Å². The van der Waals surface area contributed by atoms with Gasteiger partial charge in [-0.3, -0.25) is 9.59 Å². The summed E-state index contributed by atoms with van der Waals surface area (Å²) in [7, 11) is 3.43. The van der Waals surface area contributed by atoms with E-state index in [0.29, 0.717) is 13.0 Å². The fourth-order valence-electron chi connectivity index (χ4n) is 1.54. The number of rotatable bonds is 4. The highest BCUT2D eigenvalue weighted by atomic mass is 16.2. The van der Waals surface area contributed by atoms with Crippen LogP contribution in [-0.4, -0.2) is 50.4 Å². The lowest BCUT2D eigenvalue weighted by Crippen LogP contribution is -2.34. The summed E-state index contributed by atoms with van der Waals surface area (Å²) in [6.07, 6.45) is 1.27. The van der Waals surface area contributed by atoms with E-state index in [1.807, 2.05) is 0 Å². The Labute approximate surface area is 90.2 Å². The maximum atomic E-state index is 11.5. The van der Waals surface area contributed by atoms with E-state index in [0.717, 1.165) is 19.5 Å². The van der Waals surface area contributed by atoms with Crippen LogP contribution in [0.2, 0.25) is 0 Å². The molecular weight excluding hydrogens is 194 g/mol. The first-order chi connectivity index (χ1) is 7.11. The second-order valence-corrected chi connectivity index (χ2v) is 4.02. The molecule has 0 aromatic heterocycles. The third-order valence-corrected chi connectivity index (χ3v) is 2.57. The standard InChI is InChI=1S/C10H19N3O2/c1-13(2)9(14)4-6-12-10(15)8-3-5-11-7-8/h8,11H,3-7H2,1-2H3,(H,12,15)/t8-/m1/s1. The summed E-state index contributed by atoms with van der Waals surface area (Å²) in [5.74, 6) is 0.186. The Morgan fingerprint density at radius 2 is 2.20 bits per heavy atom. The highest BCUT2D eigenvalue weighted by molar-refractivity contribution is 5.80. The van der Waals surface area contributed by atoms with Gasteiger partial charge in [0, 0.05) is 33.6 Å². The predicted molar refractivity (Wildman–Crippen MR) is 57.3 cm³/mol. The summed E-state index contributed by atoms with van der Waals surface area (Å²) in [5.41, 5.74) is 0. The van der Waals surface area contributed by atoms with Gasteiger partial charge in [0.15, 0.2) is 0 Å². The van der Waals surface area contributed by atoms with Crippen molar-refractivity contribution in [3.63, 3.8) is 0 Å². The van der Waals surface area contributed by atoms with Crippen molar-refractivity contribution in [1.82, 2.24) is 15.5 Å². The lowest BCUT2D eigenvalue weighted by molar-refractivity contribution is -0.129. The van der Waals surface area contributed by atoms with Crippen molar-refractivity contribution < 1.29 is 9.59 Å². The van der Waals surface area contributed by atoms with Gasteiger partial charge in [0.05, 0.1) is 5.92 Å². The largest absolute Gasteiger partial charge is 0.355 e. The van der Waals surface area contributed by atoms with Gasteiger partial charge in [-0.1, -0.05) is 0 Å². The molecule has 0 spiro atoms. The summed E-state index contributed by atoms with van der Waals surface area (Å²) >= 11 is 0. The fourth-order valence-corrected chi connectivity index (χ4v) is 1.54. The van der Waals surface area contributed by atoms with E-state index in [9.17, 15) is 9.59 Å². The summed E-state index contributed by atoms with van der Waals surface area (Å²) in [6, 6.07) is 0. The molecule has 0 aromatic carbocycles. The van der Waals surface area contributed by atoms with Crippen LogP contribution in [0.1, 0.15) is 12.8 Å². The molecule has 2 N–H and O–H groups in total. The van der Waals surface area contributed by atoms with Crippen molar-refractivity contribution in [3.05, 3.63) is 0 Å². The van der Waals surface area contributed by atoms with Crippen LogP contribution in [0.5, 0.6) is 0 Å². The van der Waals surface area contributed by atoms with Gasteiger partial charge in [-0.15, -0.1) is 0 Å². The molecule has 0 aromatic rings. The van der Waals surface area contributed by atoms with Gasteiger partial charge in [0.2, 0.25) is 11.8 Å². The van der Waals surface area contributed by atoms with E-state index < -0.39 is 0 Å². The smallest absolute Gasteiger partial charge is 0.224 e. The Morgan fingerprint density at radius 1 is 1.47 bits per heavy atom. The Bertz CT molecular complexity index is 235. The van der Waals surface area contributed by atoms with Gasteiger partial charge in [-0.2, -0.15) is 0 Å². The molecule has 1 aliphatic heterocycles. The molecule has 0 radical (unpaired) electrons. The number of nitrogens with one attached hydrogen (secondary N) is 2. The third-order valence-electron chi connectivity index (χ3n) is 2.57. The first kappa shape index (κ1) is 12.0. The Kier molecular flexibility index (Phi) is 4.55. The highest BCUT2D eigenvalue weighted by Gasteiger charge is 2.21. The van der Waals surface area contributed by atoms with Gasteiger partial charge < -0.3 is 15.5 Å². The van der Waals surface area contributed by atoms with Gasteiger partial charge in [0.25, 0.3) is 0 Å². The molecule has 0 aliphatic carbocycles. The van der Waals surface area contributed by atoms with Gasteiger partial charge >= 0.3 is 0 Å². The quantitative estimate of drug-likeness (QED) is 0.642. The van der Waals surface area contributed by atoms with E-state index in [2.05, 4.69) is 10.6 Å². The van der Waals surface area contributed by atoms with E-state index in [1.165, 1.54) is 4.90 Å². The van der Waals surface area contributed by atoms with Crippen LogP contribution >= 0.6 is 0 Å². The minimum atomic E-state index is 0.0415. The molecule has 0 bridgehead atoms. The molecule has 1 saturated heterocycles. The zero-order valence-corrected chi connectivity index (χ0v) is 9.38. The average molecular weight is 213 g/mol. The molecule has 15 heavy (non-hydrogen) atoms. The van der Waals surface area contributed by atoms with Crippen LogP contribution < -0.4 is 10.6 Å². The molecule has 1 fully saturated rings. The maximum Gasteiger partial charge on any atom is 0.224 e.